The molecule has 3 aromatic rings. The van der Waals surface area contributed by atoms with Crippen molar-refractivity contribution in [3.05, 3.63) is 66.1 Å². The van der Waals surface area contributed by atoms with Crippen molar-refractivity contribution in [2.45, 2.75) is 33.0 Å². The molecule has 0 spiro atoms. The van der Waals surface area contributed by atoms with E-state index in [0.717, 1.165) is 11.3 Å². The molecule has 0 aliphatic carbocycles. The number of hydrogen-bond acceptors (Lipinski definition) is 5. The largest absolute Gasteiger partial charge is 0.487 e. The van der Waals surface area contributed by atoms with E-state index in [9.17, 15) is 9.59 Å². The maximum Gasteiger partial charge on any atom is 0.410 e. The molecule has 0 radical (unpaired) electrons. The minimum absolute atomic E-state index is 0.0768. The number of aromatic nitrogens is 2. The van der Waals surface area contributed by atoms with Gasteiger partial charge in [-0.1, -0.05) is 12.1 Å². The Morgan fingerprint density at radius 2 is 1.75 bits per heavy atom. The molecule has 4 rings (SSSR count). The van der Waals surface area contributed by atoms with Gasteiger partial charge in [-0.15, -0.1) is 0 Å². The van der Waals surface area contributed by atoms with Crippen LogP contribution in [0.4, 0.5) is 4.79 Å². The molecule has 1 saturated heterocycles. The number of carbonyl (C=O) groups excluding carboxylic acids is 2. The molecule has 168 valence electrons. The second-order valence-electron chi connectivity index (χ2n) is 8.77. The molecular weight excluding hydrogens is 408 g/mol. The molecule has 0 saturated carbocycles. The number of imidazole rings is 1. The number of piperazine rings is 1. The van der Waals surface area contributed by atoms with Gasteiger partial charge in [-0.05, 0) is 51.1 Å². The highest BCUT2D eigenvalue weighted by molar-refractivity contribution is 5.94. The first-order chi connectivity index (χ1) is 15.3. The van der Waals surface area contributed by atoms with Gasteiger partial charge >= 0.3 is 6.09 Å². The molecule has 8 heteroatoms. The van der Waals surface area contributed by atoms with Crippen LogP contribution in [0, 0.1) is 0 Å². The Morgan fingerprint density at radius 1 is 1.00 bits per heavy atom. The number of fused-ring (bicyclic) bond motifs is 1. The Morgan fingerprint density at radius 3 is 2.47 bits per heavy atom. The van der Waals surface area contributed by atoms with Gasteiger partial charge < -0.3 is 23.7 Å². The van der Waals surface area contributed by atoms with Crippen LogP contribution in [0.1, 0.15) is 36.8 Å². The third-order valence-electron chi connectivity index (χ3n) is 5.10. The lowest BCUT2D eigenvalue weighted by atomic mass is 10.1. The summed E-state index contributed by atoms with van der Waals surface area (Å²) in [5, 5.41) is 0. The fourth-order valence-corrected chi connectivity index (χ4v) is 3.53. The van der Waals surface area contributed by atoms with Crippen LogP contribution in [0.25, 0.3) is 5.65 Å². The summed E-state index contributed by atoms with van der Waals surface area (Å²) in [6.07, 6.45) is 3.52. The molecule has 0 unspecified atom stereocenters. The van der Waals surface area contributed by atoms with Crippen LogP contribution < -0.4 is 4.74 Å². The van der Waals surface area contributed by atoms with E-state index >= 15 is 0 Å². The molecule has 1 aliphatic rings. The lowest BCUT2D eigenvalue weighted by Gasteiger charge is -2.35. The number of pyridine rings is 1. The number of carbonyl (C=O) groups is 2. The highest BCUT2D eigenvalue weighted by Gasteiger charge is 2.28. The van der Waals surface area contributed by atoms with Gasteiger partial charge in [-0.2, -0.15) is 0 Å². The number of nitrogens with zero attached hydrogens (tertiary/aromatic N) is 4. The smallest absolute Gasteiger partial charge is 0.410 e. The number of ether oxygens (including phenoxy) is 2. The molecule has 0 bridgehead atoms. The number of rotatable bonds is 4. The predicted molar refractivity (Wildman–Crippen MR) is 120 cm³/mol. The third-order valence-corrected chi connectivity index (χ3v) is 5.10. The van der Waals surface area contributed by atoms with E-state index < -0.39 is 5.60 Å². The Balaban J connectivity index is 1.34. The van der Waals surface area contributed by atoms with Gasteiger partial charge in [0.2, 0.25) is 0 Å². The van der Waals surface area contributed by atoms with Crippen molar-refractivity contribution in [1.82, 2.24) is 19.2 Å². The van der Waals surface area contributed by atoms with Crippen molar-refractivity contribution in [2.24, 2.45) is 0 Å². The Bertz CT molecular complexity index is 1080. The van der Waals surface area contributed by atoms with Crippen molar-refractivity contribution in [3.8, 4) is 5.75 Å². The second-order valence-corrected chi connectivity index (χ2v) is 8.77. The maximum absolute atomic E-state index is 13.0. The van der Waals surface area contributed by atoms with E-state index in [2.05, 4.69) is 4.98 Å². The summed E-state index contributed by atoms with van der Waals surface area (Å²) < 4.78 is 13.2. The monoisotopic (exact) mass is 436 g/mol. The lowest BCUT2D eigenvalue weighted by molar-refractivity contribution is 0.0141. The van der Waals surface area contributed by atoms with Crippen LogP contribution in [0.3, 0.4) is 0 Å². The van der Waals surface area contributed by atoms with Gasteiger partial charge in [0.1, 0.15) is 23.6 Å². The van der Waals surface area contributed by atoms with Crippen LogP contribution in [0.15, 0.2) is 54.9 Å². The van der Waals surface area contributed by atoms with E-state index in [0.29, 0.717) is 44.1 Å². The molecule has 32 heavy (non-hydrogen) atoms. The molecule has 8 nitrogen and oxygen atoms in total. The van der Waals surface area contributed by atoms with Crippen LogP contribution in [-0.2, 0) is 11.3 Å². The maximum atomic E-state index is 13.0. The molecule has 1 fully saturated rings. The highest BCUT2D eigenvalue weighted by Crippen LogP contribution is 2.18. The second kappa shape index (κ2) is 8.90. The normalized spacial score (nSPS) is 14.5. The SMILES string of the molecule is CC(C)(C)OC(=O)N1CCN(C(=O)c2cccc(OCc3cn4ccccc4n3)c2)CC1. The third kappa shape index (κ3) is 5.19. The number of hydrogen-bond donors (Lipinski definition) is 0. The molecule has 0 N–H and O–H groups in total. The summed E-state index contributed by atoms with van der Waals surface area (Å²) in [6, 6.07) is 13.0. The van der Waals surface area contributed by atoms with E-state index in [1.54, 1.807) is 21.9 Å². The average molecular weight is 437 g/mol. The van der Waals surface area contributed by atoms with Crippen molar-refractivity contribution in [2.75, 3.05) is 26.2 Å². The molecule has 2 amide bonds. The average Bonchev–Trinajstić information content (AvgIpc) is 3.19. The molecule has 3 heterocycles. The summed E-state index contributed by atoms with van der Waals surface area (Å²) >= 11 is 0. The van der Waals surface area contributed by atoms with Crippen LogP contribution in [0.2, 0.25) is 0 Å². The standard InChI is InChI=1S/C24H28N4O4/c1-24(2,3)32-23(30)27-13-11-26(12-14-27)22(29)18-7-6-8-20(15-18)31-17-19-16-28-10-5-4-9-21(28)25-19/h4-10,15-16H,11-14,17H2,1-3H3. The van der Waals surface area contributed by atoms with Gasteiger partial charge in [-0.3, -0.25) is 4.79 Å². The first-order valence-corrected chi connectivity index (χ1v) is 10.7. The molecule has 1 aromatic carbocycles. The van der Waals surface area contributed by atoms with Gasteiger partial charge in [0.25, 0.3) is 5.91 Å². The zero-order chi connectivity index (χ0) is 22.7. The van der Waals surface area contributed by atoms with Crippen LogP contribution in [-0.4, -0.2) is 63.0 Å². The summed E-state index contributed by atoms with van der Waals surface area (Å²) in [5.74, 6) is 0.535. The van der Waals surface area contributed by atoms with Gasteiger partial charge in [0.15, 0.2) is 0 Å². The first kappa shape index (κ1) is 21.7. The Kier molecular flexibility index (Phi) is 6.03. The minimum atomic E-state index is -0.534. The van der Waals surface area contributed by atoms with Gasteiger partial charge in [0, 0.05) is 44.1 Å². The topological polar surface area (TPSA) is 76.4 Å². The summed E-state index contributed by atoms with van der Waals surface area (Å²) in [6.45, 7) is 7.66. The van der Waals surface area contributed by atoms with E-state index in [4.69, 9.17) is 9.47 Å². The van der Waals surface area contributed by atoms with Gasteiger partial charge in [-0.25, -0.2) is 9.78 Å². The highest BCUT2D eigenvalue weighted by atomic mass is 16.6. The fraction of sp³-hybridized carbons (Fsp3) is 0.375. The molecular formula is C24H28N4O4. The number of amides is 2. The molecule has 2 aromatic heterocycles. The quantitative estimate of drug-likeness (QED) is 0.625. The first-order valence-electron chi connectivity index (χ1n) is 10.7. The zero-order valence-corrected chi connectivity index (χ0v) is 18.7. The van der Waals surface area contributed by atoms with Crippen molar-refractivity contribution >= 4 is 17.6 Å². The van der Waals surface area contributed by atoms with Crippen molar-refractivity contribution < 1.29 is 19.1 Å². The number of benzene rings is 1. The minimum Gasteiger partial charge on any atom is -0.487 e. The van der Waals surface area contributed by atoms with E-state index in [1.807, 2.05) is 67.9 Å². The predicted octanol–water partition coefficient (Wildman–Crippen LogP) is 3.61. The summed E-state index contributed by atoms with van der Waals surface area (Å²) in [4.78, 5) is 33.1. The van der Waals surface area contributed by atoms with Crippen molar-refractivity contribution in [3.63, 3.8) is 0 Å². The van der Waals surface area contributed by atoms with E-state index in [1.165, 1.54) is 0 Å². The lowest BCUT2D eigenvalue weighted by Crippen LogP contribution is -2.51. The Labute approximate surface area is 187 Å². The van der Waals surface area contributed by atoms with Crippen LogP contribution in [0.5, 0.6) is 5.75 Å². The summed E-state index contributed by atoms with van der Waals surface area (Å²) in [7, 11) is 0. The van der Waals surface area contributed by atoms with Crippen LogP contribution >= 0.6 is 0 Å². The van der Waals surface area contributed by atoms with Crippen molar-refractivity contribution in [1.29, 1.82) is 0 Å². The van der Waals surface area contributed by atoms with Gasteiger partial charge in [0.05, 0.1) is 5.69 Å². The zero-order valence-electron chi connectivity index (χ0n) is 18.7. The summed E-state index contributed by atoms with van der Waals surface area (Å²) in [5.41, 5.74) is 1.70. The Hall–Kier alpha value is -3.55. The van der Waals surface area contributed by atoms with E-state index in [-0.39, 0.29) is 12.0 Å². The fourth-order valence-electron chi connectivity index (χ4n) is 3.53. The molecule has 0 atom stereocenters. The molecule has 1 aliphatic heterocycles.